The molecular formula is C28H38FN3S. The van der Waals surface area contributed by atoms with Gasteiger partial charge in [-0.05, 0) is 44.9 Å². The lowest BCUT2D eigenvalue weighted by Gasteiger charge is -2.13. The van der Waals surface area contributed by atoms with Gasteiger partial charge in [0.2, 0.25) is 0 Å². The van der Waals surface area contributed by atoms with Crippen molar-refractivity contribution in [3.63, 3.8) is 0 Å². The Kier molecular flexibility index (Phi) is 10.3. The summed E-state index contributed by atoms with van der Waals surface area (Å²) in [5.41, 5.74) is 1.89. The molecule has 0 unspecified atom stereocenters. The van der Waals surface area contributed by atoms with Crippen LogP contribution in [0.4, 0.5) is 4.39 Å². The van der Waals surface area contributed by atoms with Crippen molar-refractivity contribution in [3.8, 4) is 11.3 Å². The Labute approximate surface area is 203 Å². The Bertz CT molecular complexity index is 934. The minimum Gasteiger partial charge on any atom is -0.368 e. The van der Waals surface area contributed by atoms with Gasteiger partial charge in [-0.15, -0.1) is 11.3 Å². The molecule has 1 heterocycles. The molecule has 0 spiro atoms. The summed E-state index contributed by atoms with van der Waals surface area (Å²) >= 11 is 1.52. The van der Waals surface area contributed by atoms with Crippen molar-refractivity contribution in [3.05, 3.63) is 64.5 Å². The highest BCUT2D eigenvalue weighted by molar-refractivity contribution is 7.14. The van der Waals surface area contributed by atoms with Crippen molar-refractivity contribution in [1.82, 2.24) is 10.3 Å². The summed E-state index contributed by atoms with van der Waals surface area (Å²) in [4.78, 5) is 10.1. The molecule has 2 aromatic rings. The largest absolute Gasteiger partial charge is 0.368 e. The maximum Gasteiger partial charge on any atom is 0.132 e. The van der Waals surface area contributed by atoms with Crippen LogP contribution in [0.2, 0.25) is 0 Å². The Morgan fingerprint density at radius 3 is 2.24 bits per heavy atom. The zero-order chi connectivity index (χ0) is 23.5. The van der Waals surface area contributed by atoms with Gasteiger partial charge >= 0.3 is 0 Å². The fourth-order valence-electron chi connectivity index (χ4n) is 4.48. The molecule has 1 aromatic heterocycles. The number of allylic oxidation sites excluding steroid dienone is 2. The molecule has 33 heavy (non-hydrogen) atoms. The van der Waals surface area contributed by atoms with Gasteiger partial charge in [-0.2, -0.15) is 0 Å². The second-order valence-electron chi connectivity index (χ2n) is 8.93. The number of benzene rings is 1. The Hall–Kier alpha value is -2.27. The molecule has 0 amide bonds. The number of aliphatic imine (C=N–C) groups is 1. The third-order valence-corrected chi connectivity index (χ3v) is 7.14. The number of hydrogen-bond donors (Lipinski definition) is 1. The number of nitrogens with one attached hydrogen (secondary N) is 1. The second-order valence-corrected chi connectivity index (χ2v) is 10.1. The van der Waals surface area contributed by atoms with E-state index in [2.05, 4.69) is 16.9 Å². The van der Waals surface area contributed by atoms with Crippen molar-refractivity contribution in [2.24, 2.45) is 4.99 Å². The van der Waals surface area contributed by atoms with E-state index in [1.54, 1.807) is 12.1 Å². The van der Waals surface area contributed by atoms with Gasteiger partial charge in [0, 0.05) is 11.6 Å². The summed E-state index contributed by atoms with van der Waals surface area (Å²) < 4.78 is 14.3. The highest BCUT2D eigenvalue weighted by Gasteiger charge is 2.19. The van der Waals surface area contributed by atoms with Crippen LogP contribution in [-0.2, 0) is 0 Å². The molecule has 5 heteroatoms. The summed E-state index contributed by atoms with van der Waals surface area (Å²) in [7, 11) is 0. The molecule has 0 bridgehead atoms. The number of nitrogens with zero attached hydrogens (tertiary/aromatic N) is 2. The predicted octanol–water partition coefficient (Wildman–Crippen LogP) is 8.36. The third kappa shape index (κ3) is 7.92. The van der Waals surface area contributed by atoms with E-state index in [1.165, 1.54) is 75.2 Å². The fourth-order valence-corrected chi connectivity index (χ4v) is 5.38. The summed E-state index contributed by atoms with van der Waals surface area (Å²) in [5, 5.41) is 4.29. The highest BCUT2D eigenvalue weighted by atomic mass is 32.1. The standard InChI is InChI=1S/C21H24FN3S.C7H14/c1-4-9-19(24-14(2)23-16-10-5-6-11-16)21-20(25-15(3)26-21)17-12-7-8-13-18(17)22;1-2-4-6-7-5-3-1/h4,7-9,12-13,16,23H,2,5-6,10-11H2,1,3H3;1-7H2/b9-4-,24-19+;. The zero-order valence-electron chi connectivity index (χ0n) is 20.2. The minimum atomic E-state index is -0.276. The molecule has 178 valence electrons. The third-order valence-electron chi connectivity index (χ3n) is 6.15. The molecule has 0 aliphatic heterocycles. The molecule has 0 saturated heterocycles. The Morgan fingerprint density at radius 1 is 1.06 bits per heavy atom. The second kappa shape index (κ2) is 13.4. The van der Waals surface area contributed by atoms with Gasteiger partial charge < -0.3 is 5.32 Å². The van der Waals surface area contributed by atoms with E-state index >= 15 is 0 Å². The van der Waals surface area contributed by atoms with Crippen molar-refractivity contribution < 1.29 is 4.39 Å². The average molecular weight is 468 g/mol. The SMILES string of the molecule is C1CCCCCC1.C=C(/N=C(\C=C/C)c1sc(C)nc1-c1ccccc1F)NC1CCCC1. The first-order valence-electron chi connectivity index (χ1n) is 12.5. The number of aromatic nitrogens is 1. The first kappa shape index (κ1) is 25.4. The number of hydrogen-bond acceptors (Lipinski definition) is 4. The molecule has 1 N–H and O–H groups in total. The molecule has 2 aliphatic carbocycles. The average Bonchev–Trinajstić information content (AvgIpc) is 3.33. The van der Waals surface area contributed by atoms with Crippen LogP contribution in [0.25, 0.3) is 11.3 Å². The molecule has 0 atom stereocenters. The molecule has 1 aromatic carbocycles. The van der Waals surface area contributed by atoms with Crippen molar-refractivity contribution >= 4 is 17.0 Å². The molecule has 4 rings (SSSR count). The maximum absolute atomic E-state index is 14.3. The van der Waals surface area contributed by atoms with Crippen LogP contribution in [0, 0.1) is 12.7 Å². The molecule has 0 radical (unpaired) electrons. The van der Waals surface area contributed by atoms with Gasteiger partial charge in [-0.1, -0.05) is 82.6 Å². The molecule has 3 nitrogen and oxygen atoms in total. The van der Waals surface area contributed by atoms with E-state index in [1.807, 2.05) is 32.1 Å². The molecule has 2 saturated carbocycles. The molecular weight excluding hydrogens is 429 g/mol. The van der Waals surface area contributed by atoms with Gasteiger partial charge in [-0.3, -0.25) is 0 Å². The highest BCUT2D eigenvalue weighted by Crippen LogP contribution is 2.31. The summed E-state index contributed by atoms with van der Waals surface area (Å²) in [6.45, 7) is 7.94. The van der Waals surface area contributed by atoms with E-state index in [4.69, 9.17) is 4.99 Å². The fraction of sp³-hybridized carbons (Fsp3) is 0.500. The van der Waals surface area contributed by atoms with Gasteiger partial charge in [0.1, 0.15) is 11.6 Å². The minimum absolute atomic E-state index is 0.276. The number of rotatable bonds is 6. The van der Waals surface area contributed by atoms with Crippen LogP contribution >= 0.6 is 11.3 Å². The first-order chi connectivity index (χ1) is 16.1. The lowest BCUT2D eigenvalue weighted by molar-refractivity contribution is 0.582. The lowest BCUT2D eigenvalue weighted by Crippen LogP contribution is -2.24. The van der Waals surface area contributed by atoms with Crippen LogP contribution in [0.15, 0.2) is 53.8 Å². The van der Waals surface area contributed by atoms with Gasteiger partial charge in [-0.25, -0.2) is 14.4 Å². The van der Waals surface area contributed by atoms with E-state index in [0.717, 1.165) is 28.4 Å². The Morgan fingerprint density at radius 2 is 1.67 bits per heavy atom. The van der Waals surface area contributed by atoms with Gasteiger partial charge in [0.25, 0.3) is 0 Å². The number of aryl methyl sites for hydroxylation is 1. The Balaban J connectivity index is 0.000000374. The number of thiazole rings is 1. The summed E-state index contributed by atoms with van der Waals surface area (Å²) in [6.07, 6.45) is 19.2. The summed E-state index contributed by atoms with van der Waals surface area (Å²) in [5.74, 6) is 0.373. The van der Waals surface area contributed by atoms with Crippen LogP contribution in [0.5, 0.6) is 0 Å². The van der Waals surface area contributed by atoms with Crippen molar-refractivity contribution in [2.45, 2.75) is 90.5 Å². The zero-order valence-corrected chi connectivity index (χ0v) is 21.0. The smallest absolute Gasteiger partial charge is 0.132 e. The van der Waals surface area contributed by atoms with Gasteiger partial charge in [0.05, 0.1) is 21.3 Å². The van der Waals surface area contributed by atoms with Crippen molar-refractivity contribution in [1.29, 1.82) is 0 Å². The quantitative estimate of drug-likeness (QED) is 0.342. The first-order valence-corrected chi connectivity index (χ1v) is 13.3. The van der Waals surface area contributed by atoms with Crippen molar-refractivity contribution in [2.75, 3.05) is 0 Å². The lowest BCUT2D eigenvalue weighted by atomic mass is 10.1. The van der Waals surface area contributed by atoms with Crippen LogP contribution in [-0.4, -0.2) is 16.7 Å². The van der Waals surface area contributed by atoms with Crippen LogP contribution in [0.3, 0.4) is 0 Å². The topological polar surface area (TPSA) is 37.3 Å². The molecule has 2 fully saturated rings. The maximum atomic E-state index is 14.3. The number of halogens is 1. The van der Waals surface area contributed by atoms with E-state index in [0.29, 0.717) is 23.1 Å². The van der Waals surface area contributed by atoms with E-state index in [-0.39, 0.29) is 5.82 Å². The van der Waals surface area contributed by atoms with Gasteiger partial charge in [0.15, 0.2) is 0 Å². The summed E-state index contributed by atoms with van der Waals surface area (Å²) in [6, 6.07) is 7.18. The van der Waals surface area contributed by atoms with Crippen LogP contribution < -0.4 is 5.32 Å². The monoisotopic (exact) mass is 467 g/mol. The molecule has 2 aliphatic rings. The van der Waals surface area contributed by atoms with E-state index < -0.39 is 0 Å². The van der Waals surface area contributed by atoms with E-state index in [9.17, 15) is 4.39 Å². The normalized spacial score (nSPS) is 17.5. The van der Waals surface area contributed by atoms with Crippen LogP contribution in [0.1, 0.15) is 87.4 Å². The predicted molar refractivity (Wildman–Crippen MR) is 140 cm³/mol.